The molecule has 2 rings (SSSR count). The maximum Gasteiger partial charge on any atom is 0.240 e. The van der Waals surface area contributed by atoms with Gasteiger partial charge in [0, 0.05) is 11.6 Å². The standard InChI is InChI=1S/C18H21N3O2/c1-12-14(3)23-18(16(12)10-19)20-17(22)11-21(4)13(2)15-8-6-5-7-9-15/h5-9,13H,11H2,1-4H3,(H,20,22). The minimum atomic E-state index is -0.208. The number of nitriles is 1. The Morgan fingerprint density at radius 2 is 2.00 bits per heavy atom. The Bertz CT molecular complexity index is 729. The highest BCUT2D eigenvalue weighted by Gasteiger charge is 2.19. The van der Waals surface area contributed by atoms with Crippen molar-refractivity contribution in [3.8, 4) is 6.07 Å². The molecule has 1 N–H and O–H groups in total. The van der Waals surface area contributed by atoms with Gasteiger partial charge in [0.2, 0.25) is 11.8 Å². The molecule has 5 nitrogen and oxygen atoms in total. The summed E-state index contributed by atoms with van der Waals surface area (Å²) in [4.78, 5) is 14.2. The van der Waals surface area contributed by atoms with E-state index in [0.717, 1.165) is 11.1 Å². The SMILES string of the molecule is Cc1oc(NC(=O)CN(C)C(C)c2ccccc2)c(C#N)c1C. The van der Waals surface area contributed by atoms with Crippen LogP contribution in [0, 0.1) is 25.2 Å². The van der Waals surface area contributed by atoms with Crippen LogP contribution in [-0.4, -0.2) is 24.4 Å². The number of anilines is 1. The first-order valence-electron chi connectivity index (χ1n) is 7.49. The van der Waals surface area contributed by atoms with Gasteiger partial charge in [-0.2, -0.15) is 5.26 Å². The van der Waals surface area contributed by atoms with E-state index in [1.165, 1.54) is 0 Å². The third-order valence-corrected chi connectivity index (χ3v) is 4.09. The number of carbonyl (C=O) groups excluding carboxylic acids is 1. The Kier molecular flexibility index (Phi) is 5.20. The second kappa shape index (κ2) is 7.12. The van der Waals surface area contributed by atoms with E-state index in [9.17, 15) is 10.1 Å². The van der Waals surface area contributed by atoms with E-state index in [-0.39, 0.29) is 24.4 Å². The average molecular weight is 311 g/mol. The molecule has 0 bridgehead atoms. The molecule has 0 spiro atoms. The zero-order valence-electron chi connectivity index (χ0n) is 13.9. The first kappa shape index (κ1) is 16.8. The van der Waals surface area contributed by atoms with E-state index in [1.54, 1.807) is 13.8 Å². The molecule has 0 aliphatic rings. The lowest BCUT2D eigenvalue weighted by atomic mass is 10.1. The molecule has 1 aromatic heterocycles. The van der Waals surface area contributed by atoms with Gasteiger partial charge in [-0.05, 0) is 33.4 Å². The summed E-state index contributed by atoms with van der Waals surface area (Å²) in [6.07, 6.45) is 0. The molecule has 1 atom stereocenters. The molecule has 0 saturated carbocycles. The molecule has 120 valence electrons. The van der Waals surface area contributed by atoms with Crippen LogP contribution in [0.4, 0.5) is 5.88 Å². The van der Waals surface area contributed by atoms with Gasteiger partial charge in [0.05, 0.1) is 6.54 Å². The molecular formula is C18H21N3O2. The van der Waals surface area contributed by atoms with Crippen molar-refractivity contribution in [1.29, 1.82) is 5.26 Å². The van der Waals surface area contributed by atoms with Gasteiger partial charge in [0.25, 0.3) is 0 Å². The fraction of sp³-hybridized carbons (Fsp3) is 0.333. The first-order valence-corrected chi connectivity index (χ1v) is 7.49. The molecule has 1 unspecified atom stereocenters. The maximum atomic E-state index is 12.2. The van der Waals surface area contributed by atoms with Crippen LogP contribution < -0.4 is 5.32 Å². The number of nitrogens with one attached hydrogen (secondary N) is 1. The van der Waals surface area contributed by atoms with Crippen LogP contribution in [0.15, 0.2) is 34.7 Å². The summed E-state index contributed by atoms with van der Waals surface area (Å²) in [5, 5.41) is 11.9. The Balaban J connectivity index is 2.03. The number of aryl methyl sites for hydroxylation is 1. The highest BCUT2D eigenvalue weighted by molar-refractivity contribution is 5.92. The number of benzene rings is 1. The largest absolute Gasteiger partial charge is 0.444 e. The van der Waals surface area contributed by atoms with Crippen LogP contribution >= 0.6 is 0 Å². The van der Waals surface area contributed by atoms with Crippen LogP contribution in [-0.2, 0) is 4.79 Å². The summed E-state index contributed by atoms with van der Waals surface area (Å²) in [6.45, 7) is 5.83. The summed E-state index contributed by atoms with van der Waals surface area (Å²) in [7, 11) is 1.89. The maximum absolute atomic E-state index is 12.2. The third-order valence-electron chi connectivity index (χ3n) is 4.09. The summed E-state index contributed by atoms with van der Waals surface area (Å²) in [5.41, 5.74) is 2.29. The molecular weight excluding hydrogens is 290 g/mol. The smallest absolute Gasteiger partial charge is 0.240 e. The van der Waals surface area contributed by atoms with Gasteiger partial charge in [-0.3, -0.25) is 15.0 Å². The predicted octanol–water partition coefficient (Wildman–Crippen LogP) is 3.40. The van der Waals surface area contributed by atoms with Crippen LogP contribution in [0.2, 0.25) is 0 Å². The van der Waals surface area contributed by atoms with Crippen molar-refractivity contribution in [3.05, 3.63) is 52.8 Å². The molecule has 0 aliphatic heterocycles. The second-order valence-corrected chi connectivity index (χ2v) is 5.65. The monoisotopic (exact) mass is 311 g/mol. The lowest BCUT2D eigenvalue weighted by Crippen LogP contribution is -2.32. The van der Waals surface area contributed by atoms with E-state index in [2.05, 4.69) is 11.4 Å². The summed E-state index contributed by atoms with van der Waals surface area (Å²) >= 11 is 0. The van der Waals surface area contributed by atoms with Gasteiger partial charge in [-0.15, -0.1) is 0 Å². The van der Waals surface area contributed by atoms with Gasteiger partial charge in [-0.1, -0.05) is 30.3 Å². The first-order chi connectivity index (χ1) is 10.9. The summed E-state index contributed by atoms with van der Waals surface area (Å²) in [6, 6.07) is 12.2. The molecule has 1 amide bonds. The van der Waals surface area contributed by atoms with Crippen molar-refractivity contribution in [1.82, 2.24) is 4.90 Å². The Labute approximate surface area is 136 Å². The number of hydrogen-bond acceptors (Lipinski definition) is 4. The fourth-order valence-electron chi connectivity index (χ4n) is 2.37. The average Bonchev–Trinajstić information content (AvgIpc) is 2.80. The van der Waals surface area contributed by atoms with Crippen LogP contribution in [0.1, 0.15) is 35.4 Å². The molecule has 2 aromatic rings. The number of furan rings is 1. The van der Waals surface area contributed by atoms with E-state index in [0.29, 0.717) is 11.3 Å². The molecule has 0 aliphatic carbocycles. The van der Waals surface area contributed by atoms with Gasteiger partial charge in [0.15, 0.2) is 0 Å². The second-order valence-electron chi connectivity index (χ2n) is 5.65. The van der Waals surface area contributed by atoms with E-state index in [1.807, 2.05) is 49.2 Å². The zero-order valence-corrected chi connectivity index (χ0v) is 13.9. The molecule has 23 heavy (non-hydrogen) atoms. The van der Waals surface area contributed by atoms with Crippen molar-refractivity contribution in [3.63, 3.8) is 0 Å². The molecule has 1 aromatic carbocycles. The van der Waals surface area contributed by atoms with Crippen LogP contribution in [0.25, 0.3) is 0 Å². The minimum Gasteiger partial charge on any atom is -0.444 e. The lowest BCUT2D eigenvalue weighted by Gasteiger charge is -2.24. The van der Waals surface area contributed by atoms with Gasteiger partial charge >= 0.3 is 0 Å². The quantitative estimate of drug-likeness (QED) is 0.919. The van der Waals surface area contributed by atoms with Crippen molar-refractivity contribution >= 4 is 11.8 Å². The van der Waals surface area contributed by atoms with Gasteiger partial charge in [-0.25, -0.2) is 0 Å². The van der Waals surface area contributed by atoms with Crippen LogP contribution in [0.3, 0.4) is 0 Å². The Morgan fingerprint density at radius 1 is 1.35 bits per heavy atom. The van der Waals surface area contributed by atoms with Crippen molar-refractivity contribution < 1.29 is 9.21 Å². The number of likely N-dealkylation sites (N-methyl/N-ethyl adjacent to an activating group) is 1. The summed E-state index contributed by atoms with van der Waals surface area (Å²) < 4.78 is 5.46. The minimum absolute atomic E-state index is 0.109. The lowest BCUT2D eigenvalue weighted by molar-refractivity contribution is -0.117. The third kappa shape index (κ3) is 3.79. The number of amides is 1. The van der Waals surface area contributed by atoms with Crippen LogP contribution in [0.5, 0.6) is 0 Å². The fourth-order valence-corrected chi connectivity index (χ4v) is 2.37. The molecule has 0 saturated heterocycles. The van der Waals surface area contributed by atoms with E-state index < -0.39 is 0 Å². The molecule has 1 heterocycles. The molecule has 5 heteroatoms. The Morgan fingerprint density at radius 3 is 2.61 bits per heavy atom. The summed E-state index contributed by atoms with van der Waals surface area (Å²) in [5.74, 6) is 0.664. The van der Waals surface area contributed by atoms with Crippen molar-refractivity contribution in [2.75, 3.05) is 18.9 Å². The van der Waals surface area contributed by atoms with E-state index in [4.69, 9.17) is 4.42 Å². The van der Waals surface area contributed by atoms with Gasteiger partial charge in [0.1, 0.15) is 17.4 Å². The highest BCUT2D eigenvalue weighted by Crippen LogP contribution is 2.25. The molecule has 0 radical (unpaired) electrons. The molecule has 0 fully saturated rings. The van der Waals surface area contributed by atoms with Gasteiger partial charge < -0.3 is 4.42 Å². The topological polar surface area (TPSA) is 69.3 Å². The number of hydrogen-bond donors (Lipinski definition) is 1. The highest BCUT2D eigenvalue weighted by atomic mass is 16.4. The zero-order chi connectivity index (χ0) is 17.0. The predicted molar refractivity (Wildman–Crippen MR) is 89.0 cm³/mol. The van der Waals surface area contributed by atoms with Crippen molar-refractivity contribution in [2.45, 2.75) is 26.8 Å². The van der Waals surface area contributed by atoms with Crippen molar-refractivity contribution in [2.24, 2.45) is 0 Å². The normalized spacial score (nSPS) is 12.0. The van der Waals surface area contributed by atoms with E-state index >= 15 is 0 Å². The number of rotatable bonds is 5. The number of nitrogens with zero attached hydrogens (tertiary/aromatic N) is 2. The number of carbonyl (C=O) groups is 1. The Hall–Kier alpha value is -2.58.